The predicted molar refractivity (Wildman–Crippen MR) is 86.3 cm³/mol. The number of hydrogen-bond donors (Lipinski definition) is 1. The largest absolute Gasteiger partial charge is 0.355 e. The Labute approximate surface area is 132 Å². The van der Waals surface area contributed by atoms with Gasteiger partial charge in [-0.2, -0.15) is 0 Å². The van der Waals surface area contributed by atoms with Gasteiger partial charge in [-0.1, -0.05) is 24.3 Å². The lowest BCUT2D eigenvalue weighted by atomic mass is 10.1. The molecule has 1 aliphatic carbocycles. The highest BCUT2D eigenvalue weighted by Gasteiger charge is 2.34. The van der Waals surface area contributed by atoms with Crippen molar-refractivity contribution in [3.05, 3.63) is 35.4 Å². The lowest BCUT2D eigenvalue weighted by molar-refractivity contribution is -0.122. The van der Waals surface area contributed by atoms with Gasteiger partial charge in [-0.15, -0.1) is 0 Å². The molecule has 1 saturated heterocycles. The molecule has 0 aromatic heterocycles. The molecule has 3 aliphatic rings. The van der Waals surface area contributed by atoms with Crippen LogP contribution >= 0.6 is 0 Å². The molecule has 1 saturated carbocycles. The van der Waals surface area contributed by atoms with Crippen molar-refractivity contribution in [2.75, 3.05) is 26.2 Å². The molecule has 0 bridgehead atoms. The van der Waals surface area contributed by atoms with E-state index in [2.05, 4.69) is 39.4 Å². The molecule has 4 nitrogen and oxygen atoms in total. The van der Waals surface area contributed by atoms with Crippen LogP contribution in [0.4, 0.5) is 0 Å². The molecule has 118 valence electrons. The standard InChI is InChI=1S/C18H25N3O/c22-18(13-20-11-15-3-1-2-4-16(15)12-20)19-9-14-7-8-21(10-14)17-5-6-17/h1-4,14,17H,5-13H2,(H,19,22). The van der Waals surface area contributed by atoms with E-state index in [-0.39, 0.29) is 5.91 Å². The summed E-state index contributed by atoms with van der Waals surface area (Å²) in [5.41, 5.74) is 2.73. The van der Waals surface area contributed by atoms with Crippen LogP contribution in [0.3, 0.4) is 0 Å². The summed E-state index contributed by atoms with van der Waals surface area (Å²) in [6.07, 6.45) is 4.01. The molecule has 4 heteroatoms. The van der Waals surface area contributed by atoms with Crippen molar-refractivity contribution in [2.45, 2.75) is 38.4 Å². The van der Waals surface area contributed by atoms with Crippen LogP contribution in [0, 0.1) is 5.92 Å². The third-order valence-electron chi connectivity index (χ3n) is 5.24. The number of hydrogen-bond acceptors (Lipinski definition) is 3. The third kappa shape index (κ3) is 3.18. The minimum atomic E-state index is 0.178. The van der Waals surface area contributed by atoms with Crippen molar-refractivity contribution in [3.63, 3.8) is 0 Å². The van der Waals surface area contributed by atoms with Gasteiger partial charge in [0.25, 0.3) is 0 Å². The topological polar surface area (TPSA) is 35.6 Å². The average Bonchev–Trinajstić information content (AvgIpc) is 3.11. The SMILES string of the molecule is O=C(CN1Cc2ccccc2C1)NCC1CCN(C2CC2)C1. The number of benzene rings is 1. The molecule has 0 radical (unpaired) electrons. The van der Waals surface area contributed by atoms with Crippen molar-refractivity contribution in [1.29, 1.82) is 0 Å². The normalized spacial score (nSPS) is 25.4. The summed E-state index contributed by atoms with van der Waals surface area (Å²) in [7, 11) is 0. The summed E-state index contributed by atoms with van der Waals surface area (Å²) < 4.78 is 0. The van der Waals surface area contributed by atoms with Gasteiger partial charge in [0.2, 0.25) is 5.91 Å². The molecule has 1 N–H and O–H groups in total. The van der Waals surface area contributed by atoms with Gasteiger partial charge < -0.3 is 10.2 Å². The summed E-state index contributed by atoms with van der Waals surface area (Å²) in [4.78, 5) is 17.0. The molecule has 1 aromatic carbocycles. The van der Waals surface area contributed by atoms with Gasteiger partial charge in [-0.25, -0.2) is 0 Å². The maximum absolute atomic E-state index is 12.2. The van der Waals surface area contributed by atoms with E-state index >= 15 is 0 Å². The summed E-state index contributed by atoms with van der Waals surface area (Å²) in [5, 5.41) is 3.15. The van der Waals surface area contributed by atoms with Gasteiger partial charge in [0, 0.05) is 32.2 Å². The summed E-state index contributed by atoms with van der Waals surface area (Å²) in [6, 6.07) is 9.35. The first kappa shape index (κ1) is 14.2. The highest BCUT2D eigenvalue weighted by molar-refractivity contribution is 5.78. The summed E-state index contributed by atoms with van der Waals surface area (Å²) in [6.45, 7) is 5.59. The smallest absolute Gasteiger partial charge is 0.234 e. The first-order chi connectivity index (χ1) is 10.8. The van der Waals surface area contributed by atoms with Gasteiger partial charge in [-0.3, -0.25) is 9.69 Å². The first-order valence-electron chi connectivity index (χ1n) is 8.58. The van der Waals surface area contributed by atoms with E-state index in [0.29, 0.717) is 12.5 Å². The zero-order chi connectivity index (χ0) is 14.9. The van der Waals surface area contributed by atoms with E-state index in [4.69, 9.17) is 0 Å². The zero-order valence-corrected chi connectivity index (χ0v) is 13.1. The van der Waals surface area contributed by atoms with Gasteiger partial charge in [0.15, 0.2) is 0 Å². The molecular weight excluding hydrogens is 274 g/mol. The monoisotopic (exact) mass is 299 g/mol. The van der Waals surface area contributed by atoms with E-state index < -0.39 is 0 Å². The number of carbonyl (C=O) groups excluding carboxylic acids is 1. The average molecular weight is 299 g/mol. The van der Waals surface area contributed by atoms with Crippen molar-refractivity contribution < 1.29 is 4.79 Å². The zero-order valence-electron chi connectivity index (χ0n) is 13.1. The van der Waals surface area contributed by atoms with Crippen LogP contribution in [0.1, 0.15) is 30.4 Å². The van der Waals surface area contributed by atoms with E-state index in [1.54, 1.807) is 0 Å². The van der Waals surface area contributed by atoms with Crippen LogP contribution in [0.15, 0.2) is 24.3 Å². The summed E-state index contributed by atoms with van der Waals surface area (Å²) >= 11 is 0. The number of amides is 1. The molecule has 1 atom stereocenters. The van der Waals surface area contributed by atoms with Crippen LogP contribution < -0.4 is 5.32 Å². The third-order valence-corrected chi connectivity index (χ3v) is 5.24. The first-order valence-corrected chi connectivity index (χ1v) is 8.58. The second kappa shape index (κ2) is 6.01. The Hall–Kier alpha value is -1.39. The minimum absolute atomic E-state index is 0.178. The molecule has 1 aromatic rings. The van der Waals surface area contributed by atoms with Crippen LogP contribution in [-0.4, -0.2) is 47.9 Å². The molecule has 1 amide bonds. The van der Waals surface area contributed by atoms with Crippen LogP contribution in [0.2, 0.25) is 0 Å². The highest BCUT2D eigenvalue weighted by Crippen LogP contribution is 2.31. The van der Waals surface area contributed by atoms with Gasteiger partial charge in [0.05, 0.1) is 6.54 Å². The van der Waals surface area contributed by atoms with Crippen LogP contribution in [0.25, 0.3) is 0 Å². The predicted octanol–water partition coefficient (Wildman–Crippen LogP) is 1.60. The van der Waals surface area contributed by atoms with Gasteiger partial charge in [0.1, 0.15) is 0 Å². The number of rotatable bonds is 5. The van der Waals surface area contributed by atoms with Gasteiger partial charge in [-0.05, 0) is 42.9 Å². The number of likely N-dealkylation sites (tertiary alicyclic amines) is 1. The van der Waals surface area contributed by atoms with E-state index in [9.17, 15) is 4.79 Å². The fourth-order valence-corrected chi connectivity index (χ4v) is 3.83. The molecule has 0 spiro atoms. The molecular formula is C18H25N3O. The molecule has 2 aliphatic heterocycles. The van der Waals surface area contributed by atoms with Gasteiger partial charge >= 0.3 is 0 Å². The number of fused-ring (bicyclic) bond motifs is 1. The van der Waals surface area contributed by atoms with Crippen molar-refractivity contribution in [2.24, 2.45) is 5.92 Å². The molecule has 2 heterocycles. The fourth-order valence-electron chi connectivity index (χ4n) is 3.83. The fraction of sp³-hybridized carbons (Fsp3) is 0.611. The molecule has 1 unspecified atom stereocenters. The second-order valence-corrected chi connectivity index (χ2v) is 7.10. The Morgan fingerprint density at radius 2 is 1.86 bits per heavy atom. The second-order valence-electron chi connectivity index (χ2n) is 7.10. The Morgan fingerprint density at radius 3 is 2.55 bits per heavy atom. The quantitative estimate of drug-likeness (QED) is 0.897. The van der Waals surface area contributed by atoms with E-state index in [1.807, 2.05) is 0 Å². The summed E-state index contributed by atoms with van der Waals surface area (Å²) in [5.74, 6) is 0.831. The number of nitrogens with zero attached hydrogens (tertiary/aromatic N) is 2. The Bertz CT molecular complexity index is 530. The minimum Gasteiger partial charge on any atom is -0.355 e. The van der Waals surface area contributed by atoms with E-state index in [1.165, 1.54) is 43.5 Å². The highest BCUT2D eigenvalue weighted by atomic mass is 16.2. The van der Waals surface area contributed by atoms with Crippen molar-refractivity contribution in [1.82, 2.24) is 15.1 Å². The van der Waals surface area contributed by atoms with Crippen molar-refractivity contribution >= 4 is 5.91 Å². The lowest BCUT2D eigenvalue weighted by Gasteiger charge is -2.17. The van der Waals surface area contributed by atoms with Crippen LogP contribution in [-0.2, 0) is 17.9 Å². The maximum Gasteiger partial charge on any atom is 0.234 e. The van der Waals surface area contributed by atoms with Crippen molar-refractivity contribution in [3.8, 4) is 0 Å². The Balaban J connectivity index is 1.19. The number of carbonyl (C=O) groups is 1. The number of nitrogens with one attached hydrogen (secondary N) is 1. The lowest BCUT2D eigenvalue weighted by Crippen LogP contribution is -2.37. The Kier molecular flexibility index (Phi) is 3.89. The molecule has 22 heavy (non-hydrogen) atoms. The Morgan fingerprint density at radius 1 is 1.14 bits per heavy atom. The maximum atomic E-state index is 12.2. The molecule has 4 rings (SSSR count). The molecule has 2 fully saturated rings. The van der Waals surface area contributed by atoms with Crippen LogP contribution in [0.5, 0.6) is 0 Å². The van der Waals surface area contributed by atoms with E-state index in [0.717, 1.165) is 25.7 Å².